The van der Waals surface area contributed by atoms with Crippen LogP contribution in [0.2, 0.25) is 0 Å². The van der Waals surface area contributed by atoms with E-state index in [1.165, 1.54) is 6.92 Å². The second-order valence-corrected chi connectivity index (χ2v) is 4.80. The largest absolute Gasteiger partial charge is 0.480 e. The highest BCUT2D eigenvalue weighted by atomic mass is 16.4. The van der Waals surface area contributed by atoms with Crippen LogP contribution in [0.4, 0.5) is 0 Å². The topological polar surface area (TPSA) is 116 Å². The maximum absolute atomic E-state index is 11.0. The molecule has 0 aromatic heterocycles. The fourth-order valence-electron chi connectivity index (χ4n) is 2.19. The van der Waals surface area contributed by atoms with Crippen LogP contribution >= 0.6 is 0 Å². The van der Waals surface area contributed by atoms with Crippen molar-refractivity contribution >= 4 is 5.97 Å². The molecule has 94 valence electrons. The number of hydrazine groups is 1. The zero-order valence-electron chi connectivity index (χ0n) is 9.39. The van der Waals surface area contributed by atoms with E-state index in [1.54, 1.807) is 0 Å². The van der Waals surface area contributed by atoms with Crippen molar-refractivity contribution in [2.24, 2.45) is 11.8 Å². The smallest absolute Gasteiger partial charge is 0.324 e. The molecule has 3 unspecified atom stereocenters. The Balaban J connectivity index is 2.57. The van der Waals surface area contributed by atoms with E-state index in [0.717, 1.165) is 0 Å². The van der Waals surface area contributed by atoms with Crippen LogP contribution < -0.4 is 11.3 Å². The number of hydrogen-bond acceptors (Lipinski definition) is 5. The Labute approximate surface area is 94.4 Å². The summed E-state index contributed by atoms with van der Waals surface area (Å²) in [6.07, 6.45) is 0.552. The number of rotatable bonds is 4. The molecule has 4 atom stereocenters. The molecule has 0 bridgehead atoms. The van der Waals surface area contributed by atoms with Crippen molar-refractivity contribution in [2.45, 2.75) is 50.4 Å². The summed E-state index contributed by atoms with van der Waals surface area (Å²) in [5.41, 5.74) is 1.13. The summed E-state index contributed by atoms with van der Waals surface area (Å²) in [5.74, 6) is 4.31. The minimum absolute atomic E-state index is 0.0653. The van der Waals surface area contributed by atoms with Gasteiger partial charge in [-0.2, -0.15) is 0 Å². The monoisotopic (exact) mass is 232 g/mol. The molecule has 0 spiro atoms. The zero-order valence-corrected chi connectivity index (χ0v) is 9.39. The maximum Gasteiger partial charge on any atom is 0.324 e. The van der Waals surface area contributed by atoms with Gasteiger partial charge in [-0.15, -0.1) is 0 Å². The molecule has 0 aromatic carbocycles. The first-order chi connectivity index (χ1) is 7.39. The van der Waals surface area contributed by atoms with Crippen molar-refractivity contribution in [2.75, 3.05) is 0 Å². The molecule has 1 fully saturated rings. The van der Waals surface area contributed by atoms with Crippen molar-refractivity contribution in [3.8, 4) is 0 Å². The summed E-state index contributed by atoms with van der Waals surface area (Å²) in [5, 5.41) is 27.9. The SMILES string of the molecule is C[C@@](CC1CCC(O)C(O)C1)(NN)C(=O)O. The molecule has 0 amide bonds. The lowest BCUT2D eigenvalue weighted by molar-refractivity contribution is -0.145. The molecule has 16 heavy (non-hydrogen) atoms. The van der Waals surface area contributed by atoms with Gasteiger partial charge in [-0.1, -0.05) is 0 Å². The van der Waals surface area contributed by atoms with Crippen molar-refractivity contribution in [1.82, 2.24) is 5.43 Å². The maximum atomic E-state index is 11.0. The predicted octanol–water partition coefficient (Wildman–Crippen LogP) is -0.795. The van der Waals surface area contributed by atoms with Crippen molar-refractivity contribution in [3.63, 3.8) is 0 Å². The lowest BCUT2D eigenvalue weighted by Gasteiger charge is -2.34. The number of hydrogen-bond donors (Lipinski definition) is 5. The number of nitrogens with two attached hydrogens (primary N) is 1. The Morgan fingerprint density at radius 2 is 2.06 bits per heavy atom. The number of aliphatic hydroxyl groups is 2. The van der Waals surface area contributed by atoms with E-state index in [0.29, 0.717) is 25.7 Å². The van der Waals surface area contributed by atoms with Crippen molar-refractivity contribution < 1.29 is 20.1 Å². The zero-order chi connectivity index (χ0) is 12.3. The molecule has 1 aliphatic rings. The predicted molar refractivity (Wildman–Crippen MR) is 57.3 cm³/mol. The standard InChI is InChI=1S/C10H20N2O4/c1-10(12-11,9(15)16)5-6-2-3-7(13)8(14)4-6/h6-8,12-14H,2-5,11H2,1H3,(H,15,16)/t6?,7?,8?,10-/m0/s1. The summed E-state index contributed by atoms with van der Waals surface area (Å²) >= 11 is 0. The first kappa shape index (κ1) is 13.4. The molecule has 0 radical (unpaired) electrons. The second kappa shape index (κ2) is 5.09. The van der Waals surface area contributed by atoms with E-state index >= 15 is 0 Å². The molecule has 0 saturated heterocycles. The van der Waals surface area contributed by atoms with Crippen LogP contribution in [-0.2, 0) is 4.79 Å². The highest BCUT2D eigenvalue weighted by Crippen LogP contribution is 2.31. The Bertz CT molecular complexity index is 261. The van der Waals surface area contributed by atoms with Crippen LogP contribution in [0.5, 0.6) is 0 Å². The minimum atomic E-state index is -1.17. The molecule has 0 aromatic rings. The summed E-state index contributed by atoms with van der Waals surface area (Å²) < 4.78 is 0. The molecular formula is C10H20N2O4. The van der Waals surface area contributed by atoms with Crippen LogP contribution in [0.25, 0.3) is 0 Å². The second-order valence-electron chi connectivity index (χ2n) is 4.80. The third-order valence-corrected chi connectivity index (χ3v) is 3.38. The fourth-order valence-corrected chi connectivity index (χ4v) is 2.19. The third-order valence-electron chi connectivity index (χ3n) is 3.38. The van der Waals surface area contributed by atoms with Crippen LogP contribution in [0, 0.1) is 5.92 Å². The van der Waals surface area contributed by atoms with E-state index in [2.05, 4.69) is 5.43 Å². The van der Waals surface area contributed by atoms with Crippen LogP contribution in [0.3, 0.4) is 0 Å². The molecule has 1 aliphatic carbocycles. The average molecular weight is 232 g/mol. The van der Waals surface area contributed by atoms with Crippen LogP contribution in [0.1, 0.15) is 32.6 Å². The van der Waals surface area contributed by atoms with Crippen molar-refractivity contribution in [1.29, 1.82) is 0 Å². The highest BCUT2D eigenvalue weighted by molar-refractivity contribution is 5.78. The fraction of sp³-hybridized carbons (Fsp3) is 0.900. The number of carboxylic acids is 1. The van der Waals surface area contributed by atoms with Gasteiger partial charge in [0.05, 0.1) is 12.2 Å². The van der Waals surface area contributed by atoms with Gasteiger partial charge in [-0.25, -0.2) is 5.43 Å². The highest BCUT2D eigenvalue weighted by Gasteiger charge is 2.37. The summed E-state index contributed by atoms with van der Waals surface area (Å²) in [6, 6.07) is 0. The summed E-state index contributed by atoms with van der Waals surface area (Å²) in [7, 11) is 0. The van der Waals surface area contributed by atoms with Gasteiger partial charge >= 0.3 is 5.97 Å². The lowest BCUT2D eigenvalue weighted by atomic mass is 9.78. The van der Waals surface area contributed by atoms with Gasteiger partial charge in [-0.3, -0.25) is 10.6 Å². The Morgan fingerprint density at radius 1 is 1.44 bits per heavy atom. The van der Waals surface area contributed by atoms with Crippen LogP contribution in [-0.4, -0.2) is 39.0 Å². The normalized spacial score (nSPS) is 34.4. The Morgan fingerprint density at radius 3 is 2.50 bits per heavy atom. The van der Waals surface area contributed by atoms with Gasteiger partial charge in [-0.05, 0) is 38.5 Å². The minimum Gasteiger partial charge on any atom is -0.480 e. The quantitative estimate of drug-likeness (QED) is 0.320. The summed E-state index contributed by atoms with van der Waals surface area (Å²) in [4.78, 5) is 11.0. The third kappa shape index (κ3) is 2.91. The van der Waals surface area contributed by atoms with Gasteiger partial charge in [0.2, 0.25) is 0 Å². The van der Waals surface area contributed by atoms with E-state index in [9.17, 15) is 15.0 Å². The molecule has 1 rings (SSSR count). The Kier molecular flexibility index (Phi) is 4.26. The van der Waals surface area contributed by atoms with Crippen LogP contribution in [0.15, 0.2) is 0 Å². The van der Waals surface area contributed by atoms with E-state index in [4.69, 9.17) is 10.9 Å². The summed E-state index contributed by atoms with van der Waals surface area (Å²) in [6.45, 7) is 1.52. The molecule has 1 saturated carbocycles. The average Bonchev–Trinajstić information content (AvgIpc) is 2.23. The van der Waals surface area contributed by atoms with E-state index in [1.807, 2.05) is 0 Å². The van der Waals surface area contributed by atoms with E-state index < -0.39 is 23.7 Å². The molecule has 6 N–H and O–H groups in total. The first-order valence-corrected chi connectivity index (χ1v) is 5.46. The number of aliphatic carboxylic acids is 1. The number of aliphatic hydroxyl groups excluding tert-OH is 2. The molecule has 6 heteroatoms. The molecule has 0 heterocycles. The Hall–Kier alpha value is -0.690. The van der Waals surface area contributed by atoms with Gasteiger partial charge in [0.1, 0.15) is 5.54 Å². The lowest BCUT2D eigenvalue weighted by Crippen LogP contribution is -2.54. The molecule has 6 nitrogen and oxygen atoms in total. The molecular weight excluding hydrogens is 212 g/mol. The van der Waals surface area contributed by atoms with Gasteiger partial charge < -0.3 is 15.3 Å². The first-order valence-electron chi connectivity index (χ1n) is 5.46. The van der Waals surface area contributed by atoms with Crippen molar-refractivity contribution in [3.05, 3.63) is 0 Å². The number of nitrogens with one attached hydrogen (secondary N) is 1. The molecule has 0 aliphatic heterocycles. The van der Waals surface area contributed by atoms with Gasteiger partial charge in [0.15, 0.2) is 0 Å². The number of carbonyl (C=O) groups is 1. The van der Waals surface area contributed by atoms with Gasteiger partial charge in [0, 0.05) is 0 Å². The van der Waals surface area contributed by atoms with E-state index in [-0.39, 0.29) is 5.92 Å². The van der Waals surface area contributed by atoms with Gasteiger partial charge in [0.25, 0.3) is 0 Å². The number of carboxylic acid groups (broad SMARTS) is 1.